The molecule has 10 nitrogen and oxygen atoms in total. The summed E-state index contributed by atoms with van der Waals surface area (Å²) in [6, 6.07) is -2.91. The van der Waals surface area contributed by atoms with Crippen LogP contribution in [-0.4, -0.2) is 69.9 Å². The van der Waals surface area contributed by atoms with Crippen molar-refractivity contribution in [3.63, 3.8) is 0 Å². The molecule has 3 amide bonds. The van der Waals surface area contributed by atoms with Crippen molar-refractivity contribution in [1.29, 1.82) is 0 Å². The van der Waals surface area contributed by atoms with Crippen molar-refractivity contribution in [2.75, 3.05) is 0 Å². The van der Waals surface area contributed by atoms with Crippen molar-refractivity contribution >= 4 is 29.7 Å². The number of esters is 1. The predicted octanol–water partition coefficient (Wildman–Crippen LogP) is 3.50. The first-order valence-corrected chi connectivity index (χ1v) is 13.6. The Bertz CT molecular complexity index is 926. The van der Waals surface area contributed by atoms with Crippen LogP contribution in [0, 0.1) is 11.3 Å². The molecule has 216 valence electrons. The number of amides is 3. The Balaban J connectivity index is 2.28. The first kappa shape index (κ1) is 31.6. The quantitative estimate of drug-likeness (QED) is 0.358. The van der Waals surface area contributed by atoms with Gasteiger partial charge in [-0.3, -0.25) is 14.4 Å². The summed E-state index contributed by atoms with van der Waals surface area (Å²) in [4.78, 5) is 67.1. The van der Waals surface area contributed by atoms with Gasteiger partial charge in [-0.1, -0.05) is 34.1 Å². The van der Waals surface area contributed by atoms with Gasteiger partial charge in [0.25, 0.3) is 5.78 Å². The van der Waals surface area contributed by atoms with Crippen molar-refractivity contribution < 1.29 is 33.4 Å². The second-order valence-corrected chi connectivity index (χ2v) is 13.6. The molecule has 38 heavy (non-hydrogen) atoms. The number of likely N-dealkylation sites (tertiary alicyclic amines) is 1. The smallest absolute Gasteiger partial charge is 0.408 e. The zero-order valence-corrected chi connectivity index (χ0v) is 24.7. The Labute approximate surface area is 226 Å². The van der Waals surface area contributed by atoms with E-state index in [1.54, 1.807) is 46.4 Å². The lowest BCUT2D eigenvalue weighted by atomic mass is 9.85. The summed E-state index contributed by atoms with van der Waals surface area (Å²) in [5, 5.41) is 5.48. The third-order valence-electron chi connectivity index (χ3n) is 6.69. The number of piperidine rings is 1. The van der Waals surface area contributed by atoms with Crippen molar-refractivity contribution in [2.24, 2.45) is 11.3 Å². The van der Waals surface area contributed by atoms with E-state index >= 15 is 0 Å². The first-order chi connectivity index (χ1) is 17.2. The Morgan fingerprint density at radius 1 is 0.868 bits per heavy atom. The lowest BCUT2D eigenvalue weighted by molar-refractivity contribution is -0.163. The highest BCUT2D eigenvalue weighted by molar-refractivity contribution is 6.36. The first-order valence-electron chi connectivity index (χ1n) is 13.6. The molecule has 1 aliphatic carbocycles. The fourth-order valence-electron chi connectivity index (χ4n) is 5.15. The Morgan fingerprint density at radius 2 is 1.45 bits per heavy atom. The Morgan fingerprint density at radius 3 is 1.95 bits per heavy atom. The molecule has 2 rings (SSSR count). The maximum atomic E-state index is 13.9. The Hall–Kier alpha value is -2.65. The molecule has 2 bridgehead atoms. The molecule has 1 saturated carbocycles. The minimum Gasteiger partial charge on any atom is -0.454 e. The average Bonchev–Trinajstić information content (AvgIpc) is 3.34. The number of nitrogens with one attached hydrogen (secondary N) is 2. The van der Waals surface area contributed by atoms with Crippen molar-refractivity contribution in [1.82, 2.24) is 15.5 Å². The van der Waals surface area contributed by atoms with E-state index in [0.717, 1.165) is 12.8 Å². The summed E-state index contributed by atoms with van der Waals surface area (Å²) in [6.45, 7) is 17.6. The fraction of sp³-hybridized carbons (Fsp3) is 0.821. The minimum absolute atomic E-state index is 0.0648. The van der Waals surface area contributed by atoms with Crippen LogP contribution in [0.15, 0.2) is 0 Å². The van der Waals surface area contributed by atoms with E-state index < -0.39 is 58.5 Å². The van der Waals surface area contributed by atoms with Crippen molar-refractivity contribution in [2.45, 2.75) is 137 Å². The predicted molar refractivity (Wildman–Crippen MR) is 142 cm³/mol. The molecule has 1 heterocycles. The van der Waals surface area contributed by atoms with Gasteiger partial charge < -0.3 is 25.0 Å². The van der Waals surface area contributed by atoms with Crippen molar-refractivity contribution in [3.05, 3.63) is 0 Å². The van der Waals surface area contributed by atoms with Gasteiger partial charge in [-0.15, -0.1) is 0 Å². The lowest BCUT2D eigenvalue weighted by Gasteiger charge is -2.40. The number of hydrogen-bond acceptors (Lipinski definition) is 7. The van der Waals surface area contributed by atoms with Gasteiger partial charge in [-0.2, -0.15) is 0 Å². The molecule has 0 radical (unpaired) electrons. The molecule has 1 aliphatic heterocycles. The fourth-order valence-corrected chi connectivity index (χ4v) is 5.15. The van der Waals surface area contributed by atoms with Gasteiger partial charge in [-0.25, -0.2) is 9.59 Å². The van der Waals surface area contributed by atoms with E-state index in [-0.39, 0.29) is 24.3 Å². The zero-order chi connectivity index (χ0) is 29.2. The van der Waals surface area contributed by atoms with Gasteiger partial charge in [0.1, 0.15) is 23.3 Å². The molecule has 0 aromatic carbocycles. The molecule has 0 aromatic rings. The van der Waals surface area contributed by atoms with Crippen LogP contribution >= 0.6 is 0 Å². The van der Waals surface area contributed by atoms with Crippen LogP contribution in [0.2, 0.25) is 0 Å². The normalized spacial score (nSPS) is 22.9. The van der Waals surface area contributed by atoms with Crippen LogP contribution in [-0.2, 0) is 28.7 Å². The molecule has 1 saturated heterocycles. The number of hydrogen-bond donors (Lipinski definition) is 2. The molecule has 3 unspecified atom stereocenters. The zero-order valence-electron chi connectivity index (χ0n) is 24.7. The molecular weight excluding hydrogens is 490 g/mol. The third kappa shape index (κ3) is 8.17. The number of nitrogens with zero attached hydrogens (tertiary/aromatic N) is 1. The van der Waals surface area contributed by atoms with E-state index in [1.807, 2.05) is 27.7 Å². The highest BCUT2D eigenvalue weighted by Gasteiger charge is 2.54. The molecular formula is C28H47N3O7. The number of ketones is 1. The number of fused-ring (bicyclic) bond motifs is 2. The highest BCUT2D eigenvalue weighted by atomic mass is 16.6. The number of Topliss-reactive ketones (excluding diaryl/α,β-unsaturated/α-hetero) is 1. The summed E-state index contributed by atoms with van der Waals surface area (Å²) < 4.78 is 10.6. The van der Waals surface area contributed by atoms with Crippen LogP contribution in [0.4, 0.5) is 4.79 Å². The van der Waals surface area contributed by atoms with E-state index in [1.165, 1.54) is 0 Å². The maximum absolute atomic E-state index is 13.9. The van der Waals surface area contributed by atoms with E-state index in [0.29, 0.717) is 12.8 Å². The number of rotatable bonds is 8. The van der Waals surface area contributed by atoms with Crippen molar-refractivity contribution in [3.8, 4) is 0 Å². The van der Waals surface area contributed by atoms with Gasteiger partial charge in [-0.05, 0) is 78.6 Å². The third-order valence-corrected chi connectivity index (χ3v) is 6.69. The van der Waals surface area contributed by atoms with E-state index in [2.05, 4.69) is 10.6 Å². The van der Waals surface area contributed by atoms with E-state index in [4.69, 9.17) is 9.47 Å². The van der Waals surface area contributed by atoms with Crippen LogP contribution in [0.3, 0.4) is 0 Å². The van der Waals surface area contributed by atoms with Gasteiger partial charge in [0, 0.05) is 6.04 Å². The maximum Gasteiger partial charge on any atom is 0.408 e. The standard InChI is InChI=1S/C28H47N3O7/c1-11-12-18(20(32)24(35)37-27(5,6)7)29-22(33)19-16-13-14-17(15-16)31(19)23(34)21(26(2,3)4)30-25(36)38-28(8,9)10/h16-19,21H,11-15H2,1-10H3,(H,29,33)(H,30,36)/t16?,17?,18-,19?,21+/m1/s1. The number of carbonyl (C=O) groups excluding carboxylic acids is 5. The van der Waals surface area contributed by atoms with Crippen LogP contribution in [0.5, 0.6) is 0 Å². The molecule has 2 N–H and O–H groups in total. The van der Waals surface area contributed by atoms with Gasteiger partial charge >= 0.3 is 12.1 Å². The number of alkyl carbamates (subject to hydrolysis) is 1. The summed E-state index contributed by atoms with van der Waals surface area (Å²) in [6.07, 6.45) is 2.34. The van der Waals surface area contributed by atoms with Gasteiger partial charge in [0.15, 0.2) is 0 Å². The van der Waals surface area contributed by atoms with Crippen LogP contribution in [0.25, 0.3) is 0 Å². The highest BCUT2D eigenvalue weighted by Crippen LogP contribution is 2.43. The van der Waals surface area contributed by atoms with Gasteiger partial charge in [0.2, 0.25) is 11.8 Å². The van der Waals surface area contributed by atoms with E-state index in [9.17, 15) is 24.0 Å². The monoisotopic (exact) mass is 537 g/mol. The molecule has 0 spiro atoms. The second kappa shape index (κ2) is 11.6. The summed E-state index contributed by atoms with van der Waals surface area (Å²) >= 11 is 0. The van der Waals surface area contributed by atoms with Crippen LogP contribution in [0.1, 0.15) is 101 Å². The SMILES string of the molecule is CCC[C@@H](NC(=O)C1C2CCC(C2)N1C(=O)[C@H](NC(=O)OC(C)(C)C)C(C)(C)C)C(=O)C(=O)OC(C)(C)C. The molecule has 0 aromatic heterocycles. The average molecular weight is 538 g/mol. The lowest BCUT2D eigenvalue weighted by Crippen LogP contribution is -2.62. The molecule has 2 aliphatic rings. The van der Waals surface area contributed by atoms with Gasteiger partial charge in [0.05, 0.1) is 6.04 Å². The largest absolute Gasteiger partial charge is 0.454 e. The second-order valence-electron chi connectivity index (χ2n) is 13.6. The number of carbonyl (C=O) groups is 5. The number of ether oxygens (including phenoxy) is 2. The Kier molecular flexibility index (Phi) is 9.65. The topological polar surface area (TPSA) is 131 Å². The summed E-state index contributed by atoms with van der Waals surface area (Å²) in [7, 11) is 0. The molecule has 10 heteroatoms. The summed E-state index contributed by atoms with van der Waals surface area (Å²) in [5.74, 6) is -2.70. The van der Waals surface area contributed by atoms with Crippen LogP contribution < -0.4 is 10.6 Å². The molecule has 5 atom stereocenters. The summed E-state index contributed by atoms with van der Waals surface area (Å²) in [5.41, 5.74) is -2.24. The minimum atomic E-state index is -1.04. The molecule has 2 fully saturated rings.